The summed E-state index contributed by atoms with van der Waals surface area (Å²) in [6.45, 7) is 1.83. The smallest absolute Gasteiger partial charge is 0.401 e. The monoisotopic (exact) mass is 322 g/mol. The van der Waals surface area contributed by atoms with Gasteiger partial charge in [-0.1, -0.05) is 6.92 Å². The highest BCUT2D eigenvalue weighted by atomic mass is 19.4. The average Bonchev–Trinajstić information content (AvgIpc) is 2.75. The molecular formula is C14H21F3N2O3. The molecule has 2 saturated heterocycles. The Hall–Kier alpha value is -1.31. The van der Waals surface area contributed by atoms with E-state index in [4.69, 9.17) is 4.74 Å². The fourth-order valence-corrected chi connectivity index (χ4v) is 2.93. The number of piperidine rings is 1. The lowest BCUT2D eigenvalue weighted by atomic mass is 9.91. The molecule has 126 valence electrons. The third-order valence-electron chi connectivity index (χ3n) is 4.10. The number of carbonyl (C=O) groups is 2. The van der Waals surface area contributed by atoms with E-state index in [-0.39, 0.29) is 19.1 Å². The Morgan fingerprint density at radius 3 is 2.82 bits per heavy atom. The molecule has 0 saturated carbocycles. The maximum absolute atomic E-state index is 12.4. The lowest BCUT2D eigenvalue weighted by molar-refractivity contribution is -0.162. The summed E-state index contributed by atoms with van der Waals surface area (Å²) in [6, 6.07) is 0. The van der Waals surface area contributed by atoms with Crippen molar-refractivity contribution in [2.75, 3.05) is 32.8 Å². The maximum atomic E-state index is 12.4. The van der Waals surface area contributed by atoms with Crippen molar-refractivity contribution in [2.45, 2.75) is 32.4 Å². The van der Waals surface area contributed by atoms with Gasteiger partial charge in [0.05, 0.1) is 19.1 Å². The van der Waals surface area contributed by atoms with Gasteiger partial charge in [0.25, 0.3) is 0 Å². The van der Waals surface area contributed by atoms with Crippen molar-refractivity contribution in [2.24, 2.45) is 11.3 Å². The van der Waals surface area contributed by atoms with E-state index in [1.807, 2.05) is 6.92 Å². The van der Waals surface area contributed by atoms with E-state index in [2.05, 4.69) is 5.32 Å². The molecule has 0 radical (unpaired) electrons. The van der Waals surface area contributed by atoms with Crippen LogP contribution in [0.2, 0.25) is 0 Å². The van der Waals surface area contributed by atoms with Crippen LogP contribution < -0.4 is 5.32 Å². The van der Waals surface area contributed by atoms with Crippen LogP contribution in [0.3, 0.4) is 0 Å². The fourth-order valence-electron chi connectivity index (χ4n) is 2.93. The summed E-state index contributed by atoms with van der Waals surface area (Å²) in [5.41, 5.74) is -0.424. The topological polar surface area (TPSA) is 58.6 Å². The predicted octanol–water partition coefficient (Wildman–Crippen LogP) is 1.33. The van der Waals surface area contributed by atoms with Crippen molar-refractivity contribution < 1.29 is 27.5 Å². The van der Waals surface area contributed by atoms with Crippen molar-refractivity contribution in [3.8, 4) is 0 Å². The Bertz CT molecular complexity index is 442. The summed E-state index contributed by atoms with van der Waals surface area (Å²) in [6.07, 6.45) is -2.87. The molecule has 5 nitrogen and oxygen atoms in total. The van der Waals surface area contributed by atoms with Crippen LogP contribution in [0.5, 0.6) is 0 Å². The van der Waals surface area contributed by atoms with Crippen molar-refractivity contribution in [3.05, 3.63) is 0 Å². The number of ether oxygens (including phenoxy) is 1. The van der Waals surface area contributed by atoms with Crippen LogP contribution in [-0.2, 0) is 14.3 Å². The van der Waals surface area contributed by atoms with Gasteiger partial charge >= 0.3 is 12.1 Å². The molecule has 0 spiro atoms. The molecule has 0 unspecified atom stereocenters. The fraction of sp³-hybridized carbons (Fsp3) is 0.857. The molecule has 2 aliphatic heterocycles. The molecule has 2 fully saturated rings. The first-order chi connectivity index (χ1) is 10.2. The Balaban J connectivity index is 1.80. The maximum Gasteiger partial charge on any atom is 0.401 e. The SMILES string of the molecule is C[C@]1(COC(=O)[C@H]2CCCN(CC(F)(F)F)C2)CNC(=O)C1. The zero-order valence-electron chi connectivity index (χ0n) is 12.5. The van der Waals surface area contributed by atoms with Crippen LogP contribution in [0.4, 0.5) is 13.2 Å². The molecule has 1 N–H and O–H groups in total. The van der Waals surface area contributed by atoms with Gasteiger partial charge in [0.15, 0.2) is 0 Å². The molecule has 0 aromatic heterocycles. The first-order valence-corrected chi connectivity index (χ1v) is 7.39. The molecule has 0 aromatic carbocycles. The number of carbonyl (C=O) groups excluding carboxylic acids is 2. The van der Waals surface area contributed by atoms with Gasteiger partial charge in [0.2, 0.25) is 5.91 Å². The van der Waals surface area contributed by atoms with E-state index < -0.39 is 30.0 Å². The molecular weight excluding hydrogens is 301 g/mol. The number of halogens is 3. The summed E-state index contributed by atoms with van der Waals surface area (Å²) < 4.78 is 42.5. The third-order valence-corrected chi connectivity index (χ3v) is 4.10. The Kier molecular flexibility index (Phi) is 4.99. The zero-order valence-corrected chi connectivity index (χ0v) is 12.5. The number of hydrogen-bond donors (Lipinski definition) is 1. The van der Waals surface area contributed by atoms with Gasteiger partial charge in [0.1, 0.15) is 0 Å². The van der Waals surface area contributed by atoms with Gasteiger partial charge in [-0.05, 0) is 19.4 Å². The molecule has 0 aromatic rings. The average molecular weight is 322 g/mol. The molecule has 22 heavy (non-hydrogen) atoms. The van der Waals surface area contributed by atoms with Gasteiger partial charge in [0, 0.05) is 24.9 Å². The van der Waals surface area contributed by atoms with Gasteiger partial charge in [-0.25, -0.2) is 0 Å². The van der Waals surface area contributed by atoms with E-state index >= 15 is 0 Å². The lowest BCUT2D eigenvalue weighted by Gasteiger charge is -2.32. The third kappa shape index (κ3) is 4.86. The van der Waals surface area contributed by atoms with Crippen LogP contribution in [0, 0.1) is 11.3 Å². The lowest BCUT2D eigenvalue weighted by Crippen LogP contribution is -2.44. The van der Waals surface area contributed by atoms with Crippen LogP contribution >= 0.6 is 0 Å². The van der Waals surface area contributed by atoms with E-state index in [0.717, 1.165) is 0 Å². The largest absolute Gasteiger partial charge is 0.465 e. The number of hydrogen-bond acceptors (Lipinski definition) is 4. The van der Waals surface area contributed by atoms with E-state index in [1.165, 1.54) is 4.90 Å². The first-order valence-electron chi connectivity index (χ1n) is 7.39. The molecule has 2 atom stereocenters. The number of rotatable bonds is 4. The van der Waals surface area contributed by atoms with Gasteiger partial charge < -0.3 is 10.1 Å². The summed E-state index contributed by atoms with van der Waals surface area (Å²) in [5.74, 6) is -1.07. The number of amides is 1. The highest BCUT2D eigenvalue weighted by Crippen LogP contribution is 2.27. The molecule has 2 rings (SSSR count). The van der Waals surface area contributed by atoms with Crippen LogP contribution in [-0.4, -0.2) is 55.7 Å². The Morgan fingerprint density at radius 1 is 1.50 bits per heavy atom. The minimum atomic E-state index is -4.25. The molecule has 0 aliphatic carbocycles. The molecule has 8 heteroatoms. The predicted molar refractivity (Wildman–Crippen MR) is 71.9 cm³/mol. The number of alkyl halides is 3. The van der Waals surface area contributed by atoms with Crippen molar-refractivity contribution >= 4 is 11.9 Å². The Labute approximate surface area is 127 Å². The quantitative estimate of drug-likeness (QED) is 0.794. The van der Waals surface area contributed by atoms with Gasteiger partial charge in [-0.2, -0.15) is 13.2 Å². The van der Waals surface area contributed by atoms with Crippen LogP contribution in [0.25, 0.3) is 0 Å². The van der Waals surface area contributed by atoms with Gasteiger partial charge in [-0.15, -0.1) is 0 Å². The molecule has 2 aliphatic rings. The van der Waals surface area contributed by atoms with Gasteiger partial charge in [-0.3, -0.25) is 14.5 Å². The normalized spacial score (nSPS) is 30.2. The number of nitrogens with one attached hydrogen (secondary N) is 1. The van der Waals surface area contributed by atoms with E-state index in [1.54, 1.807) is 0 Å². The summed E-state index contributed by atoms with van der Waals surface area (Å²) in [7, 11) is 0. The second kappa shape index (κ2) is 6.44. The summed E-state index contributed by atoms with van der Waals surface area (Å²) >= 11 is 0. The number of likely N-dealkylation sites (tertiary alicyclic amines) is 1. The molecule has 1 amide bonds. The second-order valence-corrected chi connectivity index (χ2v) is 6.56. The highest BCUT2D eigenvalue weighted by molar-refractivity contribution is 5.79. The van der Waals surface area contributed by atoms with E-state index in [9.17, 15) is 22.8 Å². The molecule has 2 heterocycles. The first kappa shape index (κ1) is 17.1. The minimum Gasteiger partial charge on any atom is -0.465 e. The summed E-state index contributed by atoms with van der Waals surface area (Å²) in [5, 5.41) is 2.68. The second-order valence-electron chi connectivity index (χ2n) is 6.56. The molecule has 0 bridgehead atoms. The Morgan fingerprint density at radius 2 is 2.23 bits per heavy atom. The number of nitrogens with zero attached hydrogens (tertiary/aromatic N) is 1. The van der Waals surface area contributed by atoms with Crippen molar-refractivity contribution in [1.82, 2.24) is 10.2 Å². The standard InChI is InChI=1S/C14H21F3N2O3/c1-13(5-11(20)18-7-13)9-22-12(21)10-3-2-4-19(6-10)8-14(15,16)17/h10H,2-9H2,1H3,(H,18,20)/t10-,13+/m0/s1. The number of esters is 1. The van der Waals surface area contributed by atoms with Crippen LogP contribution in [0.1, 0.15) is 26.2 Å². The van der Waals surface area contributed by atoms with Crippen molar-refractivity contribution in [3.63, 3.8) is 0 Å². The minimum absolute atomic E-state index is 0.0756. The highest BCUT2D eigenvalue weighted by Gasteiger charge is 2.38. The summed E-state index contributed by atoms with van der Waals surface area (Å²) in [4.78, 5) is 24.5. The zero-order chi connectivity index (χ0) is 16.4. The van der Waals surface area contributed by atoms with Crippen molar-refractivity contribution in [1.29, 1.82) is 0 Å². The van der Waals surface area contributed by atoms with E-state index in [0.29, 0.717) is 32.4 Å². The van der Waals surface area contributed by atoms with Crippen LogP contribution in [0.15, 0.2) is 0 Å².